The van der Waals surface area contributed by atoms with Crippen LogP contribution in [0.3, 0.4) is 0 Å². The second-order valence-electron chi connectivity index (χ2n) is 7.35. The Bertz CT molecular complexity index is 463. The Morgan fingerprint density at radius 1 is 1.29 bits per heavy atom. The first-order valence-corrected chi connectivity index (χ1v) is 9.60. The molecule has 0 bridgehead atoms. The van der Waals surface area contributed by atoms with Gasteiger partial charge in [-0.3, -0.25) is 9.69 Å². The van der Waals surface area contributed by atoms with E-state index in [0.29, 0.717) is 18.4 Å². The predicted octanol–water partition coefficient (Wildman–Crippen LogP) is 1.29. The third-order valence-corrected chi connectivity index (χ3v) is 5.93. The Balaban J connectivity index is 2.62. The number of piperidine rings is 1. The SMILES string of the molecule is CC1CC(C)CN(C(C)(C)CNC(=O)C(C)S(C)(=O)=O)C1. The van der Waals surface area contributed by atoms with Crippen LogP contribution < -0.4 is 5.32 Å². The molecule has 21 heavy (non-hydrogen) atoms. The average Bonchev–Trinajstić information content (AvgIpc) is 2.32. The lowest BCUT2D eigenvalue weighted by Crippen LogP contribution is -2.57. The fraction of sp³-hybridized carbons (Fsp3) is 0.933. The minimum atomic E-state index is -3.34. The molecule has 1 saturated heterocycles. The number of amides is 1. The van der Waals surface area contributed by atoms with Crippen LogP contribution in [0.4, 0.5) is 0 Å². The molecule has 0 aromatic rings. The standard InChI is InChI=1S/C15H30N2O3S/c1-11-7-12(2)9-17(8-11)15(4,5)10-16-14(18)13(3)21(6,19)20/h11-13H,7-10H2,1-6H3,(H,16,18). The molecule has 124 valence electrons. The molecule has 0 aromatic heterocycles. The van der Waals surface area contributed by atoms with Gasteiger partial charge in [0.05, 0.1) is 0 Å². The van der Waals surface area contributed by atoms with E-state index < -0.39 is 21.0 Å². The molecular formula is C15H30N2O3S. The Morgan fingerprint density at radius 2 is 1.76 bits per heavy atom. The van der Waals surface area contributed by atoms with Gasteiger partial charge in [0.15, 0.2) is 9.84 Å². The second kappa shape index (κ2) is 6.65. The number of likely N-dealkylation sites (tertiary alicyclic amines) is 1. The van der Waals surface area contributed by atoms with Gasteiger partial charge in [-0.1, -0.05) is 13.8 Å². The highest BCUT2D eigenvalue weighted by molar-refractivity contribution is 7.92. The molecular weight excluding hydrogens is 288 g/mol. The van der Waals surface area contributed by atoms with E-state index in [4.69, 9.17) is 0 Å². The summed E-state index contributed by atoms with van der Waals surface area (Å²) in [4.78, 5) is 14.3. The molecule has 1 amide bonds. The fourth-order valence-electron chi connectivity index (χ4n) is 2.91. The number of carbonyl (C=O) groups is 1. The van der Waals surface area contributed by atoms with Crippen LogP contribution in [0.5, 0.6) is 0 Å². The minimum absolute atomic E-state index is 0.171. The van der Waals surface area contributed by atoms with Gasteiger partial charge in [0.25, 0.3) is 0 Å². The first-order valence-electron chi connectivity index (χ1n) is 7.65. The highest BCUT2D eigenvalue weighted by Crippen LogP contribution is 2.26. The maximum absolute atomic E-state index is 11.9. The predicted molar refractivity (Wildman–Crippen MR) is 85.9 cm³/mol. The molecule has 3 unspecified atom stereocenters. The van der Waals surface area contributed by atoms with E-state index in [0.717, 1.165) is 19.3 Å². The van der Waals surface area contributed by atoms with Crippen LogP contribution in [0.2, 0.25) is 0 Å². The monoisotopic (exact) mass is 318 g/mol. The Morgan fingerprint density at radius 3 is 2.19 bits per heavy atom. The zero-order valence-electron chi connectivity index (χ0n) is 14.1. The summed E-state index contributed by atoms with van der Waals surface area (Å²) in [5.74, 6) is 0.890. The lowest BCUT2D eigenvalue weighted by atomic mass is 9.88. The third kappa shape index (κ3) is 5.25. The summed E-state index contributed by atoms with van der Waals surface area (Å²) in [6, 6.07) is 0. The number of hydrogen-bond donors (Lipinski definition) is 1. The Hall–Kier alpha value is -0.620. The summed E-state index contributed by atoms with van der Waals surface area (Å²) in [7, 11) is -3.34. The Kier molecular flexibility index (Phi) is 5.83. The molecule has 0 radical (unpaired) electrons. The molecule has 3 atom stereocenters. The number of nitrogens with one attached hydrogen (secondary N) is 1. The van der Waals surface area contributed by atoms with Gasteiger partial charge in [0.1, 0.15) is 5.25 Å². The van der Waals surface area contributed by atoms with Crippen LogP contribution in [0.15, 0.2) is 0 Å². The van der Waals surface area contributed by atoms with E-state index in [2.05, 4.69) is 37.9 Å². The number of carbonyl (C=O) groups excluding carboxylic acids is 1. The lowest BCUT2D eigenvalue weighted by Gasteiger charge is -2.45. The van der Waals surface area contributed by atoms with Crippen molar-refractivity contribution in [2.75, 3.05) is 25.9 Å². The van der Waals surface area contributed by atoms with Crippen molar-refractivity contribution in [1.29, 1.82) is 0 Å². The minimum Gasteiger partial charge on any atom is -0.353 e. The van der Waals surface area contributed by atoms with E-state index in [-0.39, 0.29) is 5.54 Å². The van der Waals surface area contributed by atoms with Gasteiger partial charge in [-0.15, -0.1) is 0 Å². The topological polar surface area (TPSA) is 66.5 Å². The van der Waals surface area contributed by atoms with Gasteiger partial charge in [-0.2, -0.15) is 0 Å². The summed E-state index contributed by atoms with van der Waals surface area (Å²) >= 11 is 0. The summed E-state index contributed by atoms with van der Waals surface area (Å²) in [6.45, 7) is 12.6. The molecule has 1 aliphatic rings. The molecule has 0 aromatic carbocycles. The summed E-state index contributed by atoms with van der Waals surface area (Å²) in [5.41, 5.74) is -0.171. The molecule has 1 aliphatic heterocycles. The first-order chi connectivity index (χ1) is 9.43. The summed E-state index contributed by atoms with van der Waals surface area (Å²) in [5, 5.41) is 1.80. The molecule has 5 nitrogen and oxygen atoms in total. The number of rotatable bonds is 5. The zero-order chi connectivity index (χ0) is 16.4. The van der Waals surface area contributed by atoms with Gasteiger partial charge in [0.2, 0.25) is 5.91 Å². The van der Waals surface area contributed by atoms with Gasteiger partial charge in [-0.25, -0.2) is 8.42 Å². The highest BCUT2D eigenvalue weighted by Gasteiger charge is 2.33. The molecule has 0 saturated carbocycles. The van der Waals surface area contributed by atoms with Crippen LogP contribution in [0, 0.1) is 11.8 Å². The zero-order valence-corrected chi connectivity index (χ0v) is 15.0. The van der Waals surface area contributed by atoms with Gasteiger partial charge in [-0.05, 0) is 39.0 Å². The van der Waals surface area contributed by atoms with E-state index in [9.17, 15) is 13.2 Å². The van der Waals surface area contributed by atoms with Crippen molar-refractivity contribution in [3.05, 3.63) is 0 Å². The van der Waals surface area contributed by atoms with Crippen LogP contribution in [0.1, 0.15) is 41.0 Å². The molecule has 0 aliphatic carbocycles. The molecule has 1 N–H and O–H groups in total. The number of sulfone groups is 1. The van der Waals surface area contributed by atoms with E-state index in [1.807, 2.05) is 0 Å². The van der Waals surface area contributed by atoms with Crippen LogP contribution in [-0.2, 0) is 14.6 Å². The highest BCUT2D eigenvalue weighted by atomic mass is 32.2. The maximum atomic E-state index is 11.9. The second-order valence-corrected chi connectivity index (χ2v) is 9.72. The third-order valence-electron chi connectivity index (χ3n) is 4.43. The van der Waals surface area contributed by atoms with Crippen LogP contribution >= 0.6 is 0 Å². The van der Waals surface area contributed by atoms with Crippen molar-refractivity contribution in [2.24, 2.45) is 11.8 Å². The molecule has 1 heterocycles. The van der Waals surface area contributed by atoms with E-state index in [1.165, 1.54) is 13.3 Å². The number of nitrogens with zero attached hydrogens (tertiary/aromatic N) is 1. The summed E-state index contributed by atoms with van der Waals surface area (Å²) in [6.07, 6.45) is 2.33. The van der Waals surface area contributed by atoms with Crippen molar-refractivity contribution in [2.45, 2.75) is 51.8 Å². The first kappa shape index (κ1) is 18.4. The molecule has 1 fully saturated rings. The van der Waals surface area contributed by atoms with Crippen molar-refractivity contribution >= 4 is 15.7 Å². The van der Waals surface area contributed by atoms with Gasteiger partial charge in [0, 0.05) is 31.4 Å². The molecule has 0 spiro atoms. The smallest absolute Gasteiger partial charge is 0.238 e. The lowest BCUT2D eigenvalue weighted by molar-refractivity contribution is -0.121. The van der Waals surface area contributed by atoms with Crippen molar-refractivity contribution in [3.63, 3.8) is 0 Å². The number of hydrogen-bond acceptors (Lipinski definition) is 4. The normalized spacial score (nSPS) is 26.4. The van der Waals surface area contributed by atoms with Crippen molar-refractivity contribution in [3.8, 4) is 0 Å². The van der Waals surface area contributed by atoms with Crippen molar-refractivity contribution in [1.82, 2.24) is 10.2 Å². The Labute approximate surface area is 129 Å². The molecule has 6 heteroatoms. The maximum Gasteiger partial charge on any atom is 0.238 e. The van der Waals surface area contributed by atoms with Crippen LogP contribution in [0.25, 0.3) is 0 Å². The van der Waals surface area contributed by atoms with Gasteiger partial charge < -0.3 is 5.32 Å². The quantitative estimate of drug-likeness (QED) is 0.829. The van der Waals surface area contributed by atoms with Gasteiger partial charge >= 0.3 is 0 Å². The van der Waals surface area contributed by atoms with Crippen LogP contribution in [-0.4, -0.2) is 55.9 Å². The fourth-order valence-corrected chi connectivity index (χ4v) is 3.38. The van der Waals surface area contributed by atoms with Crippen molar-refractivity contribution < 1.29 is 13.2 Å². The van der Waals surface area contributed by atoms with E-state index >= 15 is 0 Å². The molecule has 1 rings (SSSR count). The summed E-state index contributed by atoms with van der Waals surface area (Å²) < 4.78 is 22.8. The average molecular weight is 318 g/mol. The van der Waals surface area contributed by atoms with E-state index in [1.54, 1.807) is 0 Å². The largest absolute Gasteiger partial charge is 0.353 e.